The molecular formula is C20H20N4. The number of para-hydroxylation sites is 1. The van der Waals surface area contributed by atoms with E-state index in [1.807, 2.05) is 36.4 Å². The maximum absolute atomic E-state index is 4.69. The number of aromatic nitrogens is 2. The van der Waals surface area contributed by atoms with Crippen molar-refractivity contribution < 1.29 is 0 Å². The zero-order valence-electron chi connectivity index (χ0n) is 13.7. The molecule has 0 saturated heterocycles. The molecule has 1 heterocycles. The fourth-order valence-electron chi connectivity index (χ4n) is 2.59. The summed E-state index contributed by atoms with van der Waals surface area (Å²) in [5.74, 6) is 1.50. The molecule has 2 aromatic carbocycles. The molecule has 1 aliphatic carbocycles. The first-order valence-electron chi connectivity index (χ1n) is 8.31. The lowest BCUT2D eigenvalue weighted by atomic mass is 10.1. The van der Waals surface area contributed by atoms with Crippen molar-refractivity contribution in [1.29, 1.82) is 0 Å². The van der Waals surface area contributed by atoms with Gasteiger partial charge in [0, 0.05) is 23.4 Å². The van der Waals surface area contributed by atoms with E-state index in [0.717, 1.165) is 22.8 Å². The van der Waals surface area contributed by atoms with Gasteiger partial charge in [-0.05, 0) is 31.4 Å². The van der Waals surface area contributed by atoms with Crippen LogP contribution in [0.5, 0.6) is 0 Å². The van der Waals surface area contributed by atoms with Gasteiger partial charge in [-0.25, -0.2) is 4.98 Å². The summed E-state index contributed by atoms with van der Waals surface area (Å²) in [5.41, 5.74) is 4.26. The summed E-state index contributed by atoms with van der Waals surface area (Å²) in [6, 6.07) is 20.9. The summed E-state index contributed by atoms with van der Waals surface area (Å²) in [7, 11) is 0. The van der Waals surface area contributed by atoms with E-state index >= 15 is 0 Å². The topological polar surface area (TPSA) is 49.8 Å². The molecule has 24 heavy (non-hydrogen) atoms. The molecule has 0 unspecified atom stereocenters. The number of nitrogens with one attached hydrogen (secondary N) is 2. The smallest absolute Gasteiger partial charge is 0.225 e. The highest BCUT2D eigenvalue weighted by molar-refractivity contribution is 5.68. The van der Waals surface area contributed by atoms with Crippen LogP contribution in [0.15, 0.2) is 60.7 Å². The standard InChI is InChI=1S/C20H20N4/c1-14-7-5-6-10-17(14)22-19-13-18(15-8-3-2-4-9-15)23-20(24-19)21-16-11-12-16/h2-10,13,16H,11-12H2,1H3,(H2,21,22,23,24). The molecular weight excluding hydrogens is 296 g/mol. The Labute approximate surface area is 142 Å². The van der Waals surface area contributed by atoms with Gasteiger partial charge in [0.2, 0.25) is 5.95 Å². The molecule has 0 amide bonds. The zero-order chi connectivity index (χ0) is 16.4. The molecule has 4 nitrogen and oxygen atoms in total. The highest BCUT2D eigenvalue weighted by Crippen LogP contribution is 2.28. The van der Waals surface area contributed by atoms with Gasteiger partial charge in [-0.2, -0.15) is 4.98 Å². The lowest BCUT2D eigenvalue weighted by Crippen LogP contribution is -2.08. The highest BCUT2D eigenvalue weighted by Gasteiger charge is 2.22. The zero-order valence-corrected chi connectivity index (χ0v) is 13.7. The average Bonchev–Trinajstić information content (AvgIpc) is 3.42. The van der Waals surface area contributed by atoms with Crippen LogP contribution in [-0.2, 0) is 0 Å². The quantitative estimate of drug-likeness (QED) is 0.712. The number of hydrogen-bond donors (Lipinski definition) is 2. The van der Waals surface area contributed by atoms with Gasteiger partial charge in [-0.3, -0.25) is 0 Å². The first-order valence-corrected chi connectivity index (χ1v) is 8.31. The molecule has 1 saturated carbocycles. The van der Waals surface area contributed by atoms with E-state index in [1.165, 1.54) is 18.4 Å². The lowest BCUT2D eigenvalue weighted by molar-refractivity contribution is 1.06. The second kappa shape index (κ2) is 6.32. The van der Waals surface area contributed by atoms with Crippen LogP contribution in [0.1, 0.15) is 18.4 Å². The van der Waals surface area contributed by atoms with Gasteiger partial charge in [-0.1, -0.05) is 48.5 Å². The van der Waals surface area contributed by atoms with E-state index in [-0.39, 0.29) is 0 Å². The second-order valence-electron chi connectivity index (χ2n) is 6.19. The monoisotopic (exact) mass is 316 g/mol. The third-order valence-electron chi connectivity index (χ3n) is 4.11. The van der Waals surface area contributed by atoms with Gasteiger partial charge in [-0.15, -0.1) is 0 Å². The Hall–Kier alpha value is -2.88. The Kier molecular flexibility index (Phi) is 3.87. The Balaban J connectivity index is 1.71. The first kappa shape index (κ1) is 14.7. The Morgan fingerprint density at radius 2 is 1.67 bits per heavy atom. The van der Waals surface area contributed by atoms with Gasteiger partial charge in [0.05, 0.1) is 5.69 Å². The highest BCUT2D eigenvalue weighted by atomic mass is 15.2. The summed E-state index contributed by atoms with van der Waals surface area (Å²) >= 11 is 0. The minimum atomic E-state index is 0.516. The third-order valence-corrected chi connectivity index (χ3v) is 4.11. The molecule has 3 aromatic rings. The number of nitrogens with zero attached hydrogens (tertiary/aromatic N) is 2. The first-order chi connectivity index (χ1) is 11.8. The summed E-state index contributed by atoms with van der Waals surface area (Å²) < 4.78 is 0. The number of anilines is 3. The molecule has 1 fully saturated rings. The van der Waals surface area contributed by atoms with Gasteiger partial charge >= 0.3 is 0 Å². The largest absolute Gasteiger partial charge is 0.351 e. The molecule has 4 rings (SSSR count). The normalized spacial score (nSPS) is 13.5. The predicted octanol–water partition coefficient (Wildman–Crippen LogP) is 4.77. The second-order valence-corrected chi connectivity index (χ2v) is 6.19. The van der Waals surface area contributed by atoms with Gasteiger partial charge < -0.3 is 10.6 Å². The molecule has 4 heteroatoms. The number of rotatable bonds is 5. The van der Waals surface area contributed by atoms with E-state index in [0.29, 0.717) is 12.0 Å². The van der Waals surface area contributed by atoms with Crippen LogP contribution in [0.2, 0.25) is 0 Å². The van der Waals surface area contributed by atoms with E-state index in [4.69, 9.17) is 0 Å². The molecule has 2 N–H and O–H groups in total. The summed E-state index contributed by atoms with van der Waals surface area (Å²) in [5, 5.41) is 6.83. The van der Waals surface area contributed by atoms with Gasteiger partial charge in [0.15, 0.2) is 0 Å². The van der Waals surface area contributed by atoms with Crippen molar-refractivity contribution >= 4 is 17.5 Å². The van der Waals surface area contributed by atoms with Crippen LogP contribution < -0.4 is 10.6 Å². The molecule has 0 radical (unpaired) electrons. The summed E-state index contributed by atoms with van der Waals surface area (Å²) in [4.78, 5) is 9.33. The maximum atomic E-state index is 4.69. The number of aryl methyl sites for hydroxylation is 1. The minimum absolute atomic E-state index is 0.516. The van der Waals surface area contributed by atoms with Crippen molar-refractivity contribution in [2.75, 3.05) is 10.6 Å². The van der Waals surface area contributed by atoms with Crippen LogP contribution in [0.4, 0.5) is 17.5 Å². The van der Waals surface area contributed by atoms with E-state index in [1.54, 1.807) is 0 Å². The van der Waals surface area contributed by atoms with E-state index in [2.05, 4.69) is 51.8 Å². The molecule has 0 spiro atoms. The van der Waals surface area contributed by atoms with Crippen LogP contribution >= 0.6 is 0 Å². The van der Waals surface area contributed by atoms with Crippen molar-refractivity contribution in [3.63, 3.8) is 0 Å². The molecule has 1 aliphatic rings. The van der Waals surface area contributed by atoms with Crippen LogP contribution in [0.3, 0.4) is 0 Å². The Morgan fingerprint density at radius 1 is 0.917 bits per heavy atom. The van der Waals surface area contributed by atoms with Crippen molar-refractivity contribution in [3.8, 4) is 11.3 Å². The summed E-state index contributed by atoms with van der Waals surface area (Å²) in [6.45, 7) is 2.09. The molecule has 0 bridgehead atoms. The number of hydrogen-bond acceptors (Lipinski definition) is 4. The predicted molar refractivity (Wildman–Crippen MR) is 98.6 cm³/mol. The maximum Gasteiger partial charge on any atom is 0.225 e. The third kappa shape index (κ3) is 3.38. The fourth-order valence-corrected chi connectivity index (χ4v) is 2.59. The van der Waals surface area contributed by atoms with Crippen LogP contribution in [0.25, 0.3) is 11.3 Å². The van der Waals surface area contributed by atoms with Crippen LogP contribution in [0, 0.1) is 6.92 Å². The van der Waals surface area contributed by atoms with Crippen molar-refractivity contribution in [2.24, 2.45) is 0 Å². The van der Waals surface area contributed by atoms with Crippen molar-refractivity contribution in [1.82, 2.24) is 9.97 Å². The SMILES string of the molecule is Cc1ccccc1Nc1cc(-c2ccccc2)nc(NC2CC2)n1. The van der Waals surface area contributed by atoms with Crippen molar-refractivity contribution in [3.05, 3.63) is 66.2 Å². The Bertz CT molecular complexity index is 841. The minimum Gasteiger partial charge on any atom is -0.351 e. The average molecular weight is 316 g/mol. The van der Waals surface area contributed by atoms with E-state index < -0.39 is 0 Å². The summed E-state index contributed by atoms with van der Waals surface area (Å²) in [6.07, 6.45) is 2.39. The Morgan fingerprint density at radius 3 is 2.42 bits per heavy atom. The fraction of sp³-hybridized carbons (Fsp3) is 0.200. The van der Waals surface area contributed by atoms with E-state index in [9.17, 15) is 0 Å². The van der Waals surface area contributed by atoms with Gasteiger partial charge in [0.1, 0.15) is 5.82 Å². The van der Waals surface area contributed by atoms with Crippen LogP contribution in [-0.4, -0.2) is 16.0 Å². The lowest BCUT2D eigenvalue weighted by Gasteiger charge is -2.12. The number of benzene rings is 2. The van der Waals surface area contributed by atoms with Gasteiger partial charge in [0.25, 0.3) is 0 Å². The molecule has 0 aliphatic heterocycles. The van der Waals surface area contributed by atoms with Crippen molar-refractivity contribution in [2.45, 2.75) is 25.8 Å². The molecule has 1 aromatic heterocycles. The molecule has 120 valence electrons. The molecule has 0 atom stereocenters.